The SMILES string of the molecule is CCCCCC(O)C1=C(I)CC[Se]1. The molecule has 3 heteroatoms. The number of hydrogen-bond acceptors (Lipinski definition) is 1. The molecule has 0 aromatic carbocycles. The van der Waals surface area contributed by atoms with Crippen LogP contribution in [0.4, 0.5) is 0 Å². The first kappa shape index (κ1) is 12.0. The maximum atomic E-state index is 9.90. The molecule has 0 fully saturated rings. The van der Waals surface area contributed by atoms with Crippen LogP contribution in [-0.2, 0) is 0 Å². The molecule has 0 amide bonds. The van der Waals surface area contributed by atoms with Crippen molar-refractivity contribution in [3.05, 3.63) is 8.05 Å². The predicted molar refractivity (Wildman–Crippen MR) is 66.4 cm³/mol. The third kappa shape index (κ3) is 3.90. The van der Waals surface area contributed by atoms with Crippen LogP contribution < -0.4 is 0 Å². The molecule has 0 saturated heterocycles. The molecular formula is C10H17IOSe. The second-order valence-corrected chi connectivity index (χ2v) is 7.07. The molecule has 0 radical (unpaired) electrons. The molecule has 1 unspecified atom stereocenters. The molecule has 1 heterocycles. The zero-order valence-electron chi connectivity index (χ0n) is 8.05. The third-order valence-electron chi connectivity index (χ3n) is 2.23. The molecule has 0 bridgehead atoms. The van der Waals surface area contributed by atoms with E-state index in [-0.39, 0.29) is 6.10 Å². The monoisotopic (exact) mass is 360 g/mol. The van der Waals surface area contributed by atoms with E-state index >= 15 is 0 Å². The molecule has 1 aliphatic rings. The second-order valence-electron chi connectivity index (χ2n) is 3.38. The van der Waals surface area contributed by atoms with Crippen molar-refractivity contribution in [1.82, 2.24) is 0 Å². The van der Waals surface area contributed by atoms with Gasteiger partial charge in [0.1, 0.15) is 0 Å². The van der Waals surface area contributed by atoms with Gasteiger partial charge in [0.05, 0.1) is 0 Å². The molecule has 1 atom stereocenters. The van der Waals surface area contributed by atoms with Gasteiger partial charge in [-0.25, -0.2) is 0 Å². The first-order chi connectivity index (χ1) is 6.25. The summed E-state index contributed by atoms with van der Waals surface area (Å²) in [5, 5.41) is 11.2. The number of allylic oxidation sites excluding steroid dienone is 1. The van der Waals surface area contributed by atoms with Crippen LogP contribution in [0.15, 0.2) is 8.05 Å². The van der Waals surface area contributed by atoms with Crippen molar-refractivity contribution in [3.8, 4) is 0 Å². The van der Waals surface area contributed by atoms with E-state index in [2.05, 4.69) is 29.5 Å². The first-order valence-electron chi connectivity index (χ1n) is 4.95. The summed E-state index contributed by atoms with van der Waals surface area (Å²) >= 11 is 3.00. The molecule has 1 nitrogen and oxygen atoms in total. The van der Waals surface area contributed by atoms with E-state index in [4.69, 9.17) is 0 Å². The summed E-state index contributed by atoms with van der Waals surface area (Å²) in [6.45, 7) is 2.20. The summed E-state index contributed by atoms with van der Waals surface area (Å²) < 4.78 is 2.84. The Bertz CT molecular complexity index is 191. The average Bonchev–Trinajstić information content (AvgIpc) is 2.52. The van der Waals surface area contributed by atoms with Crippen molar-refractivity contribution in [2.75, 3.05) is 0 Å². The molecular weight excluding hydrogens is 342 g/mol. The Morgan fingerprint density at radius 3 is 2.85 bits per heavy atom. The van der Waals surface area contributed by atoms with Crippen molar-refractivity contribution >= 4 is 37.5 Å². The maximum absolute atomic E-state index is 9.90. The quantitative estimate of drug-likeness (QED) is 0.455. The topological polar surface area (TPSA) is 20.2 Å². The van der Waals surface area contributed by atoms with Crippen LogP contribution >= 0.6 is 22.6 Å². The minimum atomic E-state index is -0.110. The standard InChI is InChI=1S/C10H17IOSe/c1-2-3-4-5-9(12)10-8(11)6-7-13-10/h9,12H,2-7H2,1H3. The molecule has 0 aromatic heterocycles. The minimum absolute atomic E-state index is 0.110. The Morgan fingerprint density at radius 1 is 1.54 bits per heavy atom. The van der Waals surface area contributed by atoms with Gasteiger partial charge in [-0.15, -0.1) is 0 Å². The molecule has 1 rings (SSSR count). The fraction of sp³-hybridized carbons (Fsp3) is 0.800. The van der Waals surface area contributed by atoms with Crippen LogP contribution in [0.1, 0.15) is 39.0 Å². The fourth-order valence-electron chi connectivity index (χ4n) is 1.45. The molecule has 1 N–H and O–H groups in total. The molecule has 0 aromatic rings. The van der Waals surface area contributed by atoms with E-state index in [1.54, 1.807) is 0 Å². The van der Waals surface area contributed by atoms with Gasteiger partial charge in [0.25, 0.3) is 0 Å². The predicted octanol–water partition coefficient (Wildman–Crippen LogP) is 3.10. The van der Waals surface area contributed by atoms with Crippen molar-refractivity contribution in [3.63, 3.8) is 0 Å². The Kier molecular flexibility index (Phi) is 5.95. The van der Waals surface area contributed by atoms with Gasteiger partial charge >= 0.3 is 101 Å². The summed E-state index contributed by atoms with van der Waals surface area (Å²) in [4.78, 5) is 0. The van der Waals surface area contributed by atoms with Gasteiger partial charge in [0.2, 0.25) is 0 Å². The van der Waals surface area contributed by atoms with Crippen molar-refractivity contribution in [2.24, 2.45) is 0 Å². The number of hydrogen-bond donors (Lipinski definition) is 1. The van der Waals surface area contributed by atoms with Crippen LogP contribution in [0, 0.1) is 0 Å². The molecule has 0 spiro atoms. The number of aliphatic hydroxyl groups excluding tert-OH is 1. The second kappa shape index (κ2) is 6.44. The number of rotatable bonds is 5. The van der Waals surface area contributed by atoms with E-state index in [0.29, 0.717) is 15.0 Å². The fourth-order valence-corrected chi connectivity index (χ4v) is 6.01. The van der Waals surface area contributed by atoms with Crippen LogP contribution in [0.3, 0.4) is 0 Å². The number of unbranched alkanes of at least 4 members (excludes halogenated alkanes) is 2. The Morgan fingerprint density at radius 2 is 2.31 bits per heavy atom. The van der Waals surface area contributed by atoms with Gasteiger partial charge in [0.15, 0.2) is 0 Å². The van der Waals surface area contributed by atoms with Crippen LogP contribution in [0.5, 0.6) is 0 Å². The van der Waals surface area contributed by atoms with Crippen molar-refractivity contribution in [2.45, 2.75) is 50.5 Å². The van der Waals surface area contributed by atoms with E-state index in [1.165, 1.54) is 39.1 Å². The normalized spacial score (nSPS) is 19.6. The van der Waals surface area contributed by atoms with Crippen LogP contribution in [0.25, 0.3) is 0 Å². The van der Waals surface area contributed by atoms with Crippen LogP contribution in [0.2, 0.25) is 5.32 Å². The van der Waals surface area contributed by atoms with E-state index < -0.39 is 0 Å². The van der Waals surface area contributed by atoms with Gasteiger partial charge < -0.3 is 0 Å². The average molecular weight is 359 g/mol. The van der Waals surface area contributed by atoms with Gasteiger partial charge in [-0.3, -0.25) is 0 Å². The molecule has 0 aliphatic carbocycles. The zero-order chi connectivity index (χ0) is 9.68. The molecule has 0 saturated carbocycles. The summed E-state index contributed by atoms with van der Waals surface area (Å²) in [5.74, 6) is 0. The van der Waals surface area contributed by atoms with Crippen LogP contribution in [-0.4, -0.2) is 26.2 Å². The third-order valence-corrected chi connectivity index (χ3v) is 6.77. The Balaban J connectivity index is 2.30. The van der Waals surface area contributed by atoms with E-state index in [0.717, 1.165) is 6.42 Å². The summed E-state index contributed by atoms with van der Waals surface area (Å²) in [6.07, 6.45) is 5.78. The van der Waals surface area contributed by atoms with Gasteiger partial charge in [0, 0.05) is 0 Å². The van der Waals surface area contributed by atoms with Gasteiger partial charge in [-0.05, 0) is 0 Å². The number of aliphatic hydroxyl groups is 1. The van der Waals surface area contributed by atoms with Gasteiger partial charge in [-0.2, -0.15) is 0 Å². The molecule has 13 heavy (non-hydrogen) atoms. The first-order valence-corrected chi connectivity index (χ1v) is 8.09. The van der Waals surface area contributed by atoms with Gasteiger partial charge in [-0.1, -0.05) is 0 Å². The van der Waals surface area contributed by atoms with E-state index in [9.17, 15) is 5.11 Å². The summed E-state index contributed by atoms with van der Waals surface area (Å²) in [7, 11) is 0. The molecule has 1 aliphatic heterocycles. The summed E-state index contributed by atoms with van der Waals surface area (Å²) in [6, 6.07) is 0. The summed E-state index contributed by atoms with van der Waals surface area (Å²) in [5.41, 5.74) is 0. The van der Waals surface area contributed by atoms with Crippen molar-refractivity contribution < 1.29 is 5.11 Å². The number of halogens is 1. The van der Waals surface area contributed by atoms with Crippen molar-refractivity contribution in [1.29, 1.82) is 0 Å². The Labute approximate surface area is 101 Å². The molecule has 76 valence electrons. The van der Waals surface area contributed by atoms with E-state index in [1.807, 2.05) is 0 Å². The Hall–Kier alpha value is 0.949. The zero-order valence-corrected chi connectivity index (χ0v) is 11.9.